The molecule has 0 fully saturated rings. The van der Waals surface area contributed by atoms with Gasteiger partial charge in [0.25, 0.3) is 0 Å². The second-order valence-electron chi connectivity index (χ2n) is 2.17. The molecule has 0 heterocycles. The van der Waals surface area contributed by atoms with Crippen LogP contribution >= 0.6 is 0 Å². The topological polar surface area (TPSA) is 120 Å². The smallest absolute Gasteiger partial charge is 0.550 e. The fraction of sp³-hybridized carbons (Fsp3) is 0.500. The van der Waals surface area contributed by atoms with Gasteiger partial charge in [0.2, 0.25) is 0 Å². The minimum absolute atomic E-state index is 0. The maximum atomic E-state index is 10.1. The Balaban J connectivity index is -0.000000202. The molecule has 68 valence electrons. The van der Waals surface area contributed by atoms with Crippen molar-refractivity contribution in [2.75, 3.05) is 0 Å². The van der Waals surface area contributed by atoms with E-state index in [4.69, 9.17) is 0 Å². The van der Waals surface area contributed by atoms with Crippen molar-refractivity contribution in [1.29, 1.82) is 0 Å². The molecular weight excluding hydrogens is 285 g/mol. The Labute approximate surface area is 214 Å². The first-order valence-corrected chi connectivity index (χ1v) is 3.04. The van der Waals surface area contributed by atoms with Crippen LogP contribution in [0.1, 0.15) is 12.8 Å². The monoisotopic (exact) mass is 290 g/mol. The number of carbonyl (C=O) groups excluding carboxylic acids is 3. The third kappa shape index (κ3) is 17.3. The molecule has 0 aliphatic rings. The van der Waals surface area contributed by atoms with Crippen LogP contribution in [0.4, 0.5) is 0 Å². The van der Waals surface area contributed by atoms with Crippen molar-refractivity contribution in [2.24, 2.45) is 5.92 Å². The Hall–Kier alpha value is 3.32. The number of carboxylic acid groups (broad SMARTS) is 3. The second kappa shape index (κ2) is 15.4. The molecule has 0 amide bonds. The molecule has 0 unspecified atom stereocenters. The summed E-state index contributed by atoms with van der Waals surface area (Å²) in [6.07, 6.45) is -1.76. The number of carboxylic acids is 3. The van der Waals surface area contributed by atoms with Crippen LogP contribution in [0.25, 0.3) is 0 Å². The van der Waals surface area contributed by atoms with Gasteiger partial charge < -0.3 is 29.7 Å². The summed E-state index contributed by atoms with van der Waals surface area (Å²) in [6.45, 7) is 0. The maximum Gasteiger partial charge on any atom is 1.00 e. The minimum Gasteiger partial charge on any atom is -0.550 e. The van der Waals surface area contributed by atoms with Crippen LogP contribution in [-0.2, 0) is 14.4 Å². The zero-order chi connectivity index (χ0) is 9.72. The van der Waals surface area contributed by atoms with Gasteiger partial charge in [-0.1, -0.05) is 0 Å². The van der Waals surface area contributed by atoms with Crippen LogP contribution < -0.4 is 169 Å². The number of hydrogen-bond donors (Lipinski definition) is 0. The zero-order valence-corrected chi connectivity index (χ0v) is 18.3. The van der Waals surface area contributed by atoms with E-state index in [-0.39, 0.29) is 154 Å². The van der Waals surface area contributed by atoms with Crippen molar-refractivity contribution in [1.82, 2.24) is 0 Å². The molecule has 0 aromatic rings. The SMILES string of the molecule is O=C([O-])CC(CC(=O)[O-])C(=O)[O-].[K+].[K+].[K+]. The summed E-state index contributed by atoms with van der Waals surface area (Å²) in [6, 6.07) is 0. The van der Waals surface area contributed by atoms with Gasteiger partial charge >= 0.3 is 154 Å². The van der Waals surface area contributed by atoms with Gasteiger partial charge in [-0.05, 0) is 12.8 Å². The van der Waals surface area contributed by atoms with Gasteiger partial charge in [0, 0.05) is 23.8 Å². The summed E-state index contributed by atoms with van der Waals surface area (Å²) in [7, 11) is 0. The van der Waals surface area contributed by atoms with E-state index < -0.39 is 36.7 Å². The molecule has 0 spiro atoms. The summed E-state index contributed by atoms with van der Waals surface area (Å²) in [5.74, 6) is -6.58. The van der Waals surface area contributed by atoms with Gasteiger partial charge in [0.05, 0.1) is 0 Å². The van der Waals surface area contributed by atoms with Crippen LogP contribution in [0.3, 0.4) is 0 Å². The Kier molecular flexibility index (Phi) is 27.5. The first kappa shape index (κ1) is 26.8. The van der Waals surface area contributed by atoms with E-state index in [9.17, 15) is 29.7 Å². The summed E-state index contributed by atoms with van der Waals surface area (Å²) < 4.78 is 0. The zero-order valence-electron chi connectivity index (χ0n) is 8.94. The van der Waals surface area contributed by atoms with E-state index in [1.165, 1.54) is 0 Å². The molecular formula is C6H5K3O6. The van der Waals surface area contributed by atoms with Gasteiger partial charge in [0.1, 0.15) is 0 Å². The van der Waals surface area contributed by atoms with Gasteiger partial charge in [-0.3, -0.25) is 0 Å². The molecule has 15 heavy (non-hydrogen) atoms. The summed E-state index contributed by atoms with van der Waals surface area (Å²) in [5, 5.41) is 29.8. The summed E-state index contributed by atoms with van der Waals surface area (Å²) >= 11 is 0. The molecule has 0 saturated carbocycles. The van der Waals surface area contributed by atoms with Crippen molar-refractivity contribution < 1.29 is 184 Å². The first-order chi connectivity index (χ1) is 5.43. The molecule has 0 aromatic heterocycles. The maximum absolute atomic E-state index is 10.1. The van der Waals surface area contributed by atoms with E-state index >= 15 is 0 Å². The molecule has 0 aromatic carbocycles. The number of hydrogen-bond acceptors (Lipinski definition) is 6. The molecule has 0 atom stereocenters. The average Bonchev–Trinajstić information content (AvgIpc) is 1.83. The first-order valence-electron chi connectivity index (χ1n) is 3.04. The minimum atomic E-state index is -1.73. The van der Waals surface area contributed by atoms with E-state index in [2.05, 4.69) is 0 Å². The third-order valence-electron chi connectivity index (χ3n) is 1.16. The van der Waals surface area contributed by atoms with E-state index in [0.717, 1.165) is 0 Å². The molecule has 0 radical (unpaired) electrons. The van der Waals surface area contributed by atoms with Crippen LogP contribution in [0.15, 0.2) is 0 Å². The Bertz CT molecular complexity index is 203. The van der Waals surface area contributed by atoms with E-state index in [0.29, 0.717) is 0 Å². The average molecular weight is 290 g/mol. The Morgan fingerprint density at radius 1 is 0.800 bits per heavy atom. The molecule has 0 saturated heterocycles. The summed E-state index contributed by atoms with van der Waals surface area (Å²) in [4.78, 5) is 29.8. The predicted molar refractivity (Wildman–Crippen MR) is 27.7 cm³/mol. The molecule has 0 aliphatic carbocycles. The van der Waals surface area contributed by atoms with E-state index in [1.54, 1.807) is 0 Å². The second-order valence-corrected chi connectivity index (χ2v) is 2.17. The predicted octanol–water partition coefficient (Wildman–Crippen LogP) is -13.4. The molecule has 0 bridgehead atoms. The fourth-order valence-electron chi connectivity index (χ4n) is 0.641. The number of rotatable bonds is 5. The van der Waals surface area contributed by atoms with Crippen molar-refractivity contribution in [3.05, 3.63) is 0 Å². The van der Waals surface area contributed by atoms with Crippen LogP contribution in [0.2, 0.25) is 0 Å². The van der Waals surface area contributed by atoms with Crippen LogP contribution in [0, 0.1) is 5.92 Å². The molecule has 0 N–H and O–H groups in total. The van der Waals surface area contributed by atoms with Gasteiger partial charge in [-0.15, -0.1) is 0 Å². The molecule has 0 aliphatic heterocycles. The van der Waals surface area contributed by atoms with Gasteiger partial charge in [-0.2, -0.15) is 0 Å². The molecule has 0 rings (SSSR count). The fourth-order valence-corrected chi connectivity index (χ4v) is 0.641. The van der Waals surface area contributed by atoms with Gasteiger partial charge in [-0.25, -0.2) is 0 Å². The standard InChI is InChI=1S/C6H8O6.3K/c7-4(8)1-3(6(11)12)2-5(9)10;;;/h3H,1-2H2,(H,7,8)(H,9,10)(H,11,12);;;/q;3*+1/p-3. The normalized spacial score (nSPS) is 7.80. The number of carbonyl (C=O) groups is 3. The summed E-state index contributed by atoms with van der Waals surface area (Å²) in [5.41, 5.74) is 0. The Morgan fingerprint density at radius 2 is 1.07 bits per heavy atom. The number of aliphatic carboxylic acids is 3. The largest absolute Gasteiger partial charge is 1.00 e. The van der Waals surface area contributed by atoms with Crippen LogP contribution in [0.5, 0.6) is 0 Å². The van der Waals surface area contributed by atoms with Crippen molar-refractivity contribution in [2.45, 2.75) is 12.8 Å². The molecule has 9 heteroatoms. The third-order valence-corrected chi connectivity index (χ3v) is 1.16. The quantitative estimate of drug-likeness (QED) is 0.464. The van der Waals surface area contributed by atoms with Crippen molar-refractivity contribution in [3.63, 3.8) is 0 Å². The Morgan fingerprint density at radius 3 is 1.20 bits per heavy atom. The van der Waals surface area contributed by atoms with Gasteiger partial charge in [0.15, 0.2) is 0 Å². The molecule has 6 nitrogen and oxygen atoms in total. The van der Waals surface area contributed by atoms with E-state index in [1.807, 2.05) is 0 Å². The van der Waals surface area contributed by atoms with Crippen molar-refractivity contribution in [3.8, 4) is 0 Å². The van der Waals surface area contributed by atoms with Crippen molar-refractivity contribution >= 4 is 17.9 Å². The van der Waals surface area contributed by atoms with Crippen LogP contribution in [-0.4, -0.2) is 17.9 Å².